The van der Waals surface area contributed by atoms with E-state index in [1.807, 2.05) is 24.3 Å². The molecule has 0 bridgehead atoms. The van der Waals surface area contributed by atoms with Gasteiger partial charge in [0.15, 0.2) is 0 Å². The first-order chi connectivity index (χ1) is 9.13. The lowest BCUT2D eigenvalue weighted by Crippen LogP contribution is -1.92. The van der Waals surface area contributed by atoms with Crippen molar-refractivity contribution in [3.05, 3.63) is 35.4 Å². The van der Waals surface area contributed by atoms with Crippen molar-refractivity contribution in [3.63, 3.8) is 0 Å². The minimum atomic E-state index is -0.682. The number of carbonyl (C=O) groups is 2. The molecule has 0 fully saturated rings. The average molecular weight is 264 g/mol. The Morgan fingerprint density at radius 1 is 1.11 bits per heavy atom. The molecule has 0 aliphatic heterocycles. The van der Waals surface area contributed by atoms with E-state index in [1.165, 1.54) is 5.56 Å². The second-order valence-corrected chi connectivity index (χ2v) is 4.46. The van der Waals surface area contributed by atoms with Gasteiger partial charge in [0.1, 0.15) is 6.29 Å². The number of carboxylic acids is 1. The molecule has 1 N–H and O–H groups in total. The zero-order chi connectivity index (χ0) is 14.5. The monoisotopic (exact) mass is 264 g/mol. The van der Waals surface area contributed by atoms with Gasteiger partial charge in [0.25, 0.3) is 0 Å². The number of aldehydes is 1. The summed E-state index contributed by atoms with van der Waals surface area (Å²) >= 11 is 0. The highest BCUT2D eigenvalue weighted by atomic mass is 16.4. The number of unbranched alkanes of at least 4 members (excludes halogenated alkanes) is 2. The van der Waals surface area contributed by atoms with Crippen molar-refractivity contribution in [1.29, 1.82) is 0 Å². The van der Waals surface area contributed by atoms with Crippen LogP contribution in [0.5, 0.6) is 0 Å². The van der Waals surface area contributed by atoms with Crippen LogP contribution in [-0.2, 0) is 11.2 Å². The Kier molecular flexibility index (Phi) is 10.5. The molecule has 0 aromatic heterocycles. The number of carboxylic acid groups (broad SMARTS) is 1. The van der Waals surface area contributed by atoms with Crippen molar-refractivity contribution in [2.45, 2.75) is 52.4 Å². The highest BCUT2D eigenvalue weighted by Gasteiger charge is 1.93. The van der Waals surface area contributed by atoms with Crippen molar-refractivity contribution in [2.75, 3.05) is 0 Å². The minimum Gasteiger partial charge on any atom is -0.481 e. The molecule has 106 valence electrons. The van der Waals surface area contributed by atoms with Gasteiger partial charge in [-0.1, -0.05) is 57.4 Å². The molecule has 19 heavy (non-hydrogen) atoms. The van der Waals surface area contributed by atoms with Crippen LogP contribution in [0.3, 0.4) is 0 Å². The Labute approximate surface area is 115 Å². The molecule has 0 atom stereocenters. The van der Waals surface area contributed by atoms with Gasteiger partial charge in [0.05, 0.1) is 0 Å². The van der Waals surface area contributed by atoms with Crippen LogP contribution in [0.4, 0.5) is 0 Å². The normalized spacial score (nSPS) is 9.37. The summed E-state index contributed by atoms with van der Waals surface area (Å²) in [5.74, 6) is -0.682. The van der Waals surface area contributed by atoms with Gasteiger partial charge in [-0.3, -0.25) is 9.59 Å². The summed E-state index contributed by atoms with van der Waals surface area (Å²) < 4.78 is 0. The zero-order valence-electron chi connectivity index (χ0n) is 11.9. The van der Waals surface area contributed by atoms with E-state index >= 15 is 0 Å². The molecule has 1 aromatic rings. The van der Waals surface area contributed by atoms with Gasteiger partial charge in [0, 0.05) is 12.0 Å². The van der Waals surface area contributed by atoms with Gasteiger partial charge in [-0.2, -0.15) is 0 Å². The van der Waals surface area contributed by atoms with Gasteiger partial charge in [-0.25, -0.2) is 0 Å². The number of carbonyl (C=O) groups excluding carboxylic acids is 1. The van der Waals surface area contributed by atoms with Gasteiger partial charge in [0.2, 0.25) is 0 Å². The van der Waals surface area contributed by atoms with Gasteiger partial charge < -0.3 is 5.11 Å². The molecule has 0 aliphatic carbocycles. The summed E-state index contributed by atoms with van der Waals surface area (Å²) in [6.45, 7) is 4.20. The van der Waals surface area contributed by atoms with E-state index in [-0.39, 0.29) is 0 Å². The quantitative estimate of drug-likeness (QED) is 0.595. The molecule has 0 radical (unpaired) electrons. The number of benzene rings is 1. The Hall–Kier alpha value is -1.64. The summed E-state index contributed by atoms with van der Waals surface area (Å²) in [7, 11) is 0. The van der Waals surface area contributed by atoms with E-state index < -0.39 is 5.97 Å². The van der Waals surface area contributed by atoms with Crippen LogP contribution >= 0.6 is 0 Å². The predicted octanol–water partition coefficient (Wildman–Crippen LogP) is 4.10. The maximum Gasteiger partial charge on any atom is 0.303 e. The highest BCUT2D eigenvalue weighted by Crippen LogP contribution is 2.04. The first-order valence-electron chi connectivity index (χ1n) is 6.89. The summed E-state index contributed by atoms with van der Waals surface area (Å²) in [6.07, 6.45) is 6.40. The van der Waals surface area contributed by atoms with E-state index in [1.54, 1.807) is 0 Å². The molecule has 3 nitrogen and oxygen atoms in total. The smallest absolute Gasteiger partial charge is 0.303 e. The van der Waals surface area contributed by atoms with E-state index in [4.69, 9.17) is 5.11 Å². The van der Waals surface area contributed by atoms with E-state index in [2.05, 4.69) is 13.8 Å². The topological polar surface area (TPSA) is 54.4 Å². The van der Waals surface area contributed by atoms with Crippen molar-refractivity contribution < 1.29 is 14.7 Å². The summed E-state index contributed by atoms with van der Waals surface area (Å²) in [5.41, 5.74) is 2.06. The zero-order valence-corrected chi connectivity index (χ0v) is 11.9. The molecule has 1 aromatic carbocycles. The standard InChI is InChI=1S/C10H12O.C6H12O2/c1-2-3-9-4-6-10(8-11)7-5-9;1-2-3-4-5-6(7)8/h4-8H,2-3H2,1H3;2-5H2,1H3,(H,7,8). The fourth-order valence-electron chi connectivity index (χ4n) is 1.58. The Morgan fingerprint density at radius 3 is 2.16 bits per heavy atom. The molecule has 0 spiro atoms. The third-order valence-corrected chi connectivity index (χ3v) is 2.65. The minimum absolute atomic E-state index is 0.327. The Bertz CT molecular complexity index is 355. The molecule has 1 rings (SSSR count). The van der Waals surface area contributed by atoms with Crippen LogP contribution < -0.4 is 0 Å². The van der Waals surface area contributed by atoms with Crippen LogP contribution in [0.1, 0.15) is 61.9 Å². The molecular weight excluding hydrogens is 240 g/mol. The van der Waals surface area contributed by atoms with E-state index in [9.17, 15) is 9.59 Å². The van der Waals surface area contributed by atoms with Crippen molar-refractivity contribution in [1.82, 2.24) is 0 Å². The molecule has 0 saturated heterocycles. The van der Waals surface area contributed by atoms with Gasteiger partial charge in [-0.15, -0.1) is 0 Å². The average Bonchev–Trinajstić information content (AvgIpc) is 2.41. The van der Waals surface area contributed by atoms with E-state index in [0.717, 1.165) is 44.0 Å². The third kappa shape index (κ3) is 10.0. The van der Waals surface area contributed by atoms with Crippen LogP contribution in [0, 0.1) is 0 Å². The predicted molar refractivity (Wildman–Crippen MR) is 77.6 cm³/mol. The second-order valence-electron chi connectivity index (χ2n) is 4.46. The van der Waals surface area contributed by atoms with E-state index in [0.29, 0.717) is 6.42 Å². The summed E-state index contributed by atoms with van der Waals surface area (Å²) in [4.78, 5) is 20.1. The lowest BCUT2D eigenvalue weighted by atomic mass is 10.1. The molecule has 0 unspecified atom stereocenters. The maximum absolute atomic E-state index is 10.3. The number of hydrogen-bond acceptors (Lipinski definition) is 2. The van der Waals surface area contributed by atoms with Crippen molar-refractivity contribution >= 4 is 12.3 Å². The molecule has 0 saturated carbocycles. The SMILES string of the molecule is CCCCCC(=O)O.CCCc1ccc(C=O)cc1. The first kappa shape index (κ1) is 17.4. The number of aryl methyl sites for hydroxylation is 1. The number of aliphatic carboxylic acids is 1. The first-order valence-corrected chi connectivity index (χ1v) is 6.89. The van der Waals surface area contributed by atoms with Gasteiger partial charge in [-0.05, 0) is 18.4 Å². The van der Waals surface area contributed by atoms with Gasteiger partial charge >= 0.3 is 5.97 Å². The lowest BCUT2D eigenvalue weighted by molar-refractivity contribution is -0.137. The summed E-state index contributed by atoms with van der Waals surface area (Å²) in [5, 5.41) is 8.14. The number of rotatable bonds is 7. The summed E-state index contributed by atoms with van der Waals surface area (Å²) in [6, 6.07) is 7.73. The Morgan fingerprint density at radius 2 is 1.74 bits per heavy atom. The molecular formula is C16H24O3. The van der Waals surface area contributed by atoms with Crippen LogP contribution in [0.15, 0.2) is 24.3 Å². The largest absolute Gasteiger partial charge is 0.481 e. The van der Waals surface area contributed by atoms with Crippen molar-refractivity contribution in [3.8, 4) is 0 Å². The van der Waals surface area contributed by atoms with Crippen LogP contribution in [-0.4, -0.2) is 17.4 Å². The fourth-order valence-corrected chi connectivity index (χ4v) is 1.58. The highest BCUT2D eigenvalue weighted by molar-refractivity contribution is 5.74. The molecule has 3 heteroatoms. The lowest BCUT2D eigenvalue weighted by Gasteiger charge is -1.96. The fraction of sp³-hybridized carbons (Fsp3) is 0.500. The number of hydrogen-bond donors (Lipinski definition) is 1. The Balaban J connectivity index is 0.000000362. The van der Waals surface area contributed by atoms with Crippen molar-refractivity contribution in [2.24, 2.45) is 0 Å². The third-order valence-electron chi connectivity index (χ3n) is 2.65. The molecule has 0 amide bonds. The molecule has 0 heterocycles. The maximum atomic E-state index is 10.3. The van der Waals surface area contributed by atoms with Crippen LogP contribution in [0.25, 0.3) is 0 Å². The molecule has 0 aliphatic rings. The second kappa shape index (κ2) is 11.5. The van der Waals surface area contributed by atoms with Crippen LogP contribution in [0.2, 0.25) is 0 Å².